The Kier molecular flexibility index (Phi) is 6.96. The first-order valence-electron chi connectivity index (χ1n) is 9.97. The van der Waals surface area contributed by atoms with Gasteiger partial charge in [0.05, 0.1) is 4.90 Å². The van der Waals surface area contributed by atoms with E-state index in [1.54, 1.807) is 24.3 Å². The number of hydrogen-bond donors (Lipinski definition) is 2. The number of hydrogen-bond acceptors (Lipinski definition) is 7. The molecule has 1 aliphatic heterocycles. The average Bonchev–Trinajstić information content (AvgIpc) is 2.74. The quantitative estimate of drug-likeness (QED) is 0.662. The van der Waals surface area contributed by atoms with Gasteiger partial charge in [-0.15, -0.1) is 0 Å². The minimum absolute atomic E-state index is 0.222. The first-order chi connectivity index (χ1) is 14.7. The van der Waals surface area contributed by atoms with Gasteiger partial charge in [0, 0.05) is 52.5 Å². The standard InChI is InChI=1S/C20H28N6O4S/c1-24(2)31(29,30)17-6-4-16(5-7-17)23-18-12-19(22-14-21-18)25(3)13-15-8-10-26(11-9-15)20(27)28/h4-7,12,14-15H,8-11,13H2,1-3H3,(H,27,28)(H,21,22,23). The van der Waals surface area contributed by atoms with Crippen LogP contribution in [0, 0.1) is 5.92 Å². The van der Waals surface area contributed by atoms with E-state index in [4.69, 9.17) is 5.11 Å². The van der Waals surface area contributed by atoms with Crippen LogP contribution in [0.25, 0.3) is 0 Å². The summed E-state index contributed by atoms with van der Waals surface area (Å²) in [6.45, 7) is 1.90. The Balaban J connectivity index is 1.62. The molecule has 31 heavy (non-hydrogen) atoms. The third kappa shape index (κ3) is 5.61. The van der Waals surface area contributed by atoms with Crippen LogP contribution in [0.5, 0.6) is 0 Å². The lowest BCUT2D eigenvalue weighted by Crippen LogP contribution is -2.40. The van der Waals surface area contributed by atoms with Gasteiger partial charge in [0.25, 0.3) is 0 Å². The molecule has 0 bridgehead atoms. The van der Waals surface area contributed by atoms with E-state index in [2.05, 4.69) is 15.3 Å². The Morgan fingerprint density at radius 1 is 1.16 bits per heavy atom. The topological polar surface area (TPSA) is 119 Å². The van der Waals surface area contributed by atoms with E-state index in [9.17, 15) is 13.2 Å². The third-order valence-corrected chi connectivity index (χ3v) is 7.20. The lowest BCUT2D eigenvalue weighted by atomic mass is 9.96. The number of amides is 1. The number of anilines is 3. The highest BCUT2D eigenvalue weighted by molar-refractivity contribution is 7.89. The number of nitrogens with one attached hydrogen (secondary N) is 1. The highest BCUT2D eigenvalue weighted by Gasteiger charge is 2.23. The van der Waals surface area contributed by atoms with Crippen molar-refractivity contribution in [2.75, 3.05) is 51.0 Å². The summed E-state index contributed by atoms with van der Waals surface area (Å²) in [5.41, 5.74) is 0.714. The molecule has 3 rings (SSSR count). The Labute approximate surface area is 182 Å². The molecule has 1 aliphatic rings. The first-order valence-corrected chi connectivity index (χ1v) is 11.4. The molecule has 0 radical (unpaired) electrons. The largest absolute Gasteiger partial charge is 0.465 e. The number of likely N-dealkylation sites (tertiary alicyclic amines) is 1. The fraction of sp³-hybridized carbons (Fsp3) is 0.450. The van der Waals surface area contributed by atoms with Crippen molar-refractivity contribution in [1.82, 2.24) is 19.2 Å². The lowest BCUT2D eigenvalue weighted by molar-refractivity contribution is 0.125. The summed E-state index contributed by atoms with van der Waals surface area (Å²) in [7, 11) is 1.48. The summed E-state index contributed by atoms with van der Waals surface area (Å²) < 4.78 is 25.5. The van der Waals surface area contributed by atoms with Crippen molar-refractivity contribution in [3.05, 3.63) is 36.7 Å². The molecule has 1 saturated heterocycles. The molecule has 2 aromatic rings. The van der Waals surface area contributed by atoms with Crippen LogP contribution in [0.1, 0.15) is 12.8 Å². The molecule has 0 spiro atoms. The Morgan fingerprint density at radius 2 is 1.81 bits per heavy atom. The summed E-state index contributed by atoms with van der Waals surface area (Å²) in [6, 6.07) is 8.32. The molecule has 10 nitrogen and oxygen atoms in total. The van der Waals surface area contributed by atoms with Gasteiger partial charge in [-0.25, -0.2) is 27.5 Å². The average molecular weight is 449 g/mol. The molecule has 2 N–H and O–H groups in total. The fourth-order valence-electron chi connectivity index (χ4n) is 3.48. The van der Waals surface area contributed by atoms with Crippen LogP contribution in [-0.4, -0.2) is 79.6 Å². The number of benzene rings is 1. The van der Waals surface area contributed by atoms with E-state index in [0.29, 0.717) is 30.5 Å². The van der Waals surface area contributed by atoms with Crippen LogP contribution in [0.2, 0.25) is 0 Å². The predicted molar refractivity (Wildman–Crippen MR) is 118 cm³/mol. The molecule has 0 aliphatic carbocycles. The molecule has 1 aromatic heterocycles. The van der Waals surface area contributed by atoms with Crippen molar-refractivity contribution in [3.8, 4) is 0 Å². The van der Waals surface area contributed by atoms with E-state index in [-0.39, 0.29) is 4.90 Å². The Morgan fingerprint density at radius 3 is 2.39 bits per heavy atom. The van der Waals surface area contributed by atoms with Gasteiger partial charge in [0.15, 0.2) is 0 Å². The van der Waals surface area contributed by atoms with Crippen molar-refractivity contribution in [2.45, 2.75) is 17.7 Å². The summed E-state index contributed by atoms with van der Waals surface area (Å²) in [5.74, 6) is 1.75. The monoisotopic (exact) mass is 448 g/mol. The second-order valence-electron chi connectivity index (χ2n) is 7.79. The molecular weight excluding hydrogens is 420 g/mol. The molecule has 0 atom stereocenters. The first kappa shape index (κ1) is 22.8. The number of nitrogens with zero attached hydrogens (tertiary/aromatic N) is 5. The molecule has 1 amide bonds. The van der Waals surface area contributed by atoms with Crippen molar-refractivity contribution in [3.63, 3.8) is 0 Å². The van der Waals surface area contributed by atoms with Gasteiger partial charge in [-0.05, 0) is 43.0 Å². The van der Waals surface area contributed by atoms with Gasteiger partial charge in [-0.2, -0.15) is 0 Å². The number of piperidine rings is 1. The molecule has 168 valence electrons. The van der Waals surface area contributed by atoms with E-state index in [1.807, 2.05) is 18.0 Å². The van der Waals surface area contributed by atoms with Gasteiger partial charge in [-0.1, -0.05) is 0 Å². The maximum Gasteiger partial charge on any atom is 0.407 e. The van der Waals surface area contributed by atoms with E-state index < -0.39 is 16.1 Å². The Hall–Kier alpha value is -2.92. The molecule has 11 heteroatoms. The second-order valence-corrected chi connectivity index (χ2v) is 9.94. The summed E-state index contributed by atoms with van der Waals surface area (Å²) in [4.78, 5) is 23.4. The summed E-state index contributed by atoms with van der Waals surface area (Å²) >= 11 is 0. The fourth-order valence-corrected chi connectivity index (χ4v) is 4.38. The third-order valence-electron chi connectivity index (χ3n) is 5.37. The van der Waals surface area contributed by atoms with Crippen LogP contribution >= 0.6 is 0 Å². The number of aromatic nitrogens is 2. The minimum atomic E-state index is -3.47. The molecule has 1 aromatic carbocycles. The van der Waals surface area contributed by atoms with Gasteiger partial charge >= 0.3 is 6.09 Å². The number of carbonyl (C=O) groups is 1. The summed E-state index contributed by atoms with van der Waals surface area (Å²) in [6.07, 6.45) is 2.28. The van der Waals surface area contributed by atoms with E-state index >= 15 is 0 Å². The van der Waals surface area contributed by atoms with Gasteiger partial charge < -0.3 is 20.2 Å². The Bertz CT molecular complexity index is 1000. The number of sulfonamides is 1. The molecule has 2 heterocycles. The highest BCUT2D eigenvalue weighted by atomic mass is 32.2. The number of rotatable bonds is 7. The molecule has 0 saturated carbocycles. The van der Waals surface area contributed by atoms with Crippen molar-refractivity contribution in [1.29, 1.82) is 0 Å². The van der Waals surface area contributed by atoms with E-state index in [0.717, 1.165) is 25.2 Å². The van der Waals surface area contributed by atoms with Gasteiger partial charge in [0.1, 0.15) is 18.0 Å². The molecule has 0 unspecified atom stereocenters. The summed E-state index contributed by atoms with van der Waals surface area (Å²) in [5, 5.41) is 12.2. The zero-order valence-corrected chi connectivity index (χ0v) is 18.7. The zero-order valence-electron chi connectivity index (χ0n) is 17.9. The lowest BCUT2D eigenvalue weighted by Gasteiger charge is -2.32. The maximum absolute atomic E-state index is 12.2. The zero-order chi connectivity index (χ0) is 22.6. The molecular formula is C20H28N6O4S. The number of carboxylic acid groups (broad SMARTS) is 1. The van der Waals surface area contributed by atoms with E-state index in [1.165, 1.54) is 29.6 Å². The van der Waals surface area contributed by atoms with Gasteiger partial charge in [-0.3, -0.25) is 0 Å². The maximum atomic E-state index is 12.2. The minimum Gasteiger partial charge on any atom is -0.465 e. The SMILES string of the molecule is CN(CC1CCN(C(=O)O)CC1)c1cc(Nc2ccc(S(=O)(=O)N(C)C)cc2)ncn1. The van der Waals surface area contributed by atoms with Crippen LogP contribution in [0.3, 0.4) is 0 Å². The van der Waals surface area contributed by atoms with Crippen molar-refractivity contribution in [2.24, 2.45) is 5.92 Å². The van der Waals surface area contributed by atoms with Crippen LogP contribution in [-0.2, 0) is 10.0 Å². The predicted octanol–water partition coefficient (Wildman–Crippen LogP) is 2.30. The van der Waals surface area contributed by atoms with Crippen molar-refractivity contribution < 1.29 is 18.3 Å². The second kappa shape index (κ2) is 9.48. The van der Waals surface area contributed by atoms with Gasteiger partial charge in [0.2, 0.25) is 10.0 Å². The molecule has 1 fully saturated rings. The smallest absolute Gasteiger partial charge is 0.407 e. The van der Waals surface area contributed by atoms with Crippen LogP contribution < -0.4 is 10.2 Å². The van der Waals surface area contributed by atoms with Crippen molar-refractivity contribution >= 4 is 33.4 Å². The highest BCUT2D eigenvalue weighted by Crippen LogP contribution is 2.23. The normalized spacial score (nSPS) is 15.2. The van der Waals surface area contributed by atoms with Crippen LogP contribution in [0.4, 0.5) is 22.1 Å². The van der Waals surface area contributed by atoms with Crippen LogP contribution in [0.15, 0.2) is 41.6 Å².